The van der Waals surface area contributed by atoms with Gasteiger partial charge in [-0.2, -0.15) is 0 Å². The molecule has 1 atom stereocenters. The van der Waals surface area contributed by atoms with Gasteiger partial charge >= 0.3 is 5.69 Å². The first-order valence-electron chi connectivity index (χ1n) is 13.5. The van der Waals surface area contributed by atoms with Gasteiger partial charge in [0.15, 0.2) is 5.78 Å². The number of allylic oxidation sites excluding steroid dienone is 1. The Labute approximate surface area is 243 Å². The molecule has 2 N–H and O–H groups in total. The van der Waals surface area contributed by atoms with E-state index in [4.69, 9.17) is 16.3 Å². The van der Waals surface area contributed by atoms with Crippen LogP contribution in [-0.2, 0) is 17.9 Å². The van der Waals surface area contributed by atoms with Crippen LogP contribution in [-0.4, -0.2) is 33.5 Å². The van der Waals surface area contributed by atoms with Crippen molar-refractivity contribution in [3.63, 3.8) is 0 Å². The Morgan fingerprint density at radius 1 is 1.05 bits per heavy atom. The molecular formula is C32H31ClN4O4. The topological polar surface area (TPSA) is 94.4 Å². The van der Waals surface area contributed by atoms with Gasteiger partial charge in [-0.05, 0) is 67.5 Å². The average molecular weight is 571 g/mol. The van der Waals surface area contributed by atoms with Crippen molar-refractivity contribution >= 4 is 29.4 Å². The molecule has 1 unspecified atom stereocenters. The molecule has 1 amide bonds. The van der Waals surface area contributed by atoms with Crippen LogP contribution in [0.25, 0.3) is 11.8 Å². The van der Waals surface area contributed by atoms with Crippen molar-refractivity contribution in [3.05, 3.63) is 123 Å². The Bertz CT molecular complexity index is 1640. The van der Waals surface area contributed by atoms with Crippen molar-refractivity contribution in [1.29, 1.82) is 0 Å². The molecular weight excluding hydrogens is 540 g/mol. The molecule has 4 aromatic rings. The van der Waals surface area contributed by atoms with Gasteiger partial charge in [0, 0.05) is 24.7 Å². The van der Waals surface area contributed by atoms with Crippen molar-refractivity contribution in [2.45, 2.75) is 39.1 Å². The first kappa shape index (κ1) is 28.1. The lowest BCUT2D eigenvalue weighted by molar-refractivity contribution is -0.117. The first-order valence-corrected chi connectivity index (χ1v) is 13.8. The fraction of sp³-hybridized carbons (Fsp3) is 0.219. The fourth-order valence-corrected chi connectivity index (χ4v) is 5.07. The highest BCUT2D eigenvalue weighted by atomic mass is 35.5. The van der Waals surface area contributed by atoms with Crippen LogP contribution in [0.5, 0.6) is 5.75 Å². The standard InChI is InChI=1S/C32H31ClN4O4/c1-21(2)41-25-15-13-24(14-16-25)36-30(31(39)35-18-22-8-4-3-5-9-22)28-20-34-19-27(37(28)32(36)40)29(38)17-12-23-10-6-7-11-26(23)33/h3-17,21,27,34H,18-20H2,1-2H3,(H,35,39)/b17-12+. The van der Waals surface area contributed by atoms with Crippen LogP contribution < -0.4 is 21.1 Å². The minimum atomic E-state index is -0.838. The number of carbonyl (C=O) groups excluding carboxylic acids is 2. The molecule has 0 fully saturated rings. The van der Waals surface area contributed by atoms with E-state index in [0.717, 1.165) is 5.56 Å². The fourth-order valence-electron chi connectivity index (χ4n) is 4.87. The van der Waals surface area contributed by atoms with E-state index in [-0.39, 0.29) is 37.2 Å². The van der Waals surface area contributed by atoms with Gasteiger partial charge in [0.1, 0.15) is 17.5 Å². The monoisotopic (exact) mass is 570 g/mol. The van der Waals surface area contributed by atoms with Gasteiger partial charge < -0.3 is 15.4 Å². The summed E-state index contributed by atoms with van der Waals surface area (Å²) in [5, 5.41) is 6.68. The van der Waals surface area contributed by atoms with E-state index in [0.29, 0.717) is 27.7 Å². The van der Waals surface area contributed by atoms with Gasteiger partial charge in [0.2, 0.25) is 0 Å². The van der Waals surface area contributed by atoms with E-state index in [1.54, 1.807) is 42.5 Å². The number of nitrogens with one attached hydrogen (secondary N) is 2. The lowest BCUT2D eigenvalue weighted by atomic mass is 10.1. The lowest BCUT2D eigenvalue weighted by Crippen LogP contribution is -2.42. The van der Waals surface area contributed by atoms with E-state index in [2.05, 4.69) is 10.6 Å². The lowest BCUT2D eigenvalue weighted by Gasteiger charge is -2.24. The van der Waals surface area contributed by atoms with Crippen LogP contribution in [0.3, 0.4) is 0 Å². The number of hydrogen-bond acceptors (Lipinski definition) is 5. The summed E-state index contributed by atoms with van der Waals surface area (Å²) in [6.07, 6.45) is 3.06. The molecule has 1 aliphatic rings. The second-order valence-electron chi connectivity index (χ2n) is 10.0. The number of nitrogens with zero attached hydrogens (tertiary/aromatic N) is 2. The molecule has 8 nitrogen and oxygen atoms in total. The van der Waals surface area contributed by atoms with E-state index < -0.39 is 17.6 Å². The summed E-state index contributed by atoms with van der Waals surface area (Å²) >= 11 is 6.25. The largest absolute Gasteiger partial charge is 0.491 e. The number of benzene rings is 3. The van der Waals surface area contributed by atoms with Crippen molar-refractivity contribution in [2.24, 2.45) is 0 Å². The van der Waals surface area contributed by atoms with E-state index in [1.165, 1.54) is 15.2 Å². The van der Waals surface area contributed by atoms with Crippen LogP contribution in [0.4, 0.5) is 0 Å². The van der Waals surface area contributed by atoms with Gasteiger partial charge in [-0.15, -0.1) is 0 Å². The van der Waals surface area contributed by atoms with Gasteiger partial charge in [0.25, 0.3) is 5.91 Å². The number of imidazole rings is 1. The van der Waals surface area contributed by atoms with Crippen LogP contribution in [0.15, 0.2) is 89.7 Å². The number of rotatable bonds is 9. The quantitative estimate of drug-likeness (QED) is 0.278. The van der Waals surface area contributed by atoms with E-state index in [1.807, 2.05) is 56.3 Å². The highest BCUT2D eigenvalue weighted by Crippen LogP contribution is 2.24. The van der Waals surface area contributed by atoms with Gasteiger partial charge in [0.05, 0.1) is 17.5 Å². The number of amides is 1. The molecule has 9 heteroatoms. The maximum atomic E-state index is 14.0. The number of fused-ring (bicyclic) bond motifs is 1. The molecule has 1 aliphatic heterocycles. The molecule has 0 saturated heterocycles. The Kier molecular flexibility index (Phi) is 8.52. The molecule has 0 aliphatic carbocycles. The first-order chi connectivity index (χ1) is 19.8. The summed E-state index contributed by atoms with van der Waals surface area (Å²) in [4.78, 5) is 41.1. The molecule has 1 aromatic heterocycles. The minimum Gasteiger partial charge on any atom is -0.491 e. The summed E-state index contributed by atoms with van der Waals surface area (Å²) in [6.45, 7) is 4.65. The summed E-state index contributed by atoms with van der Waals surface area (Å²) in [5.74, 6) is -0.0476. The summed E-state index contributed by atoms with van der Waals surface area (Å²) in [5.41, 5.74) is 2.28. The molecule has 5 rings (SSSR count). The Hall–Kier alpha value is -4.40. The van der Waals surface area contributed by atoms with Crippen LogP contribution in [0.2, 0.25) is 5.02 Å². The maximum Gasteiger partial charge on any atom is 0.334 e. The summed E-state index contributed by atoms with van der Waals surface area (Å²) in [6, 6.07) is 22.9. The number of hydrogen-bond donors (Lipinski definition) is 2. The zero-order valence-corrected chi connectivity index (χ0v) is 23.6. The van der Waals surface area contributed by atoms with Crippen LogP contribution >= 0.6 is 11.6 Å². The normalized spacial score (nSPS) is 14.7. The molecule has 3 aromatic carbocycles. The Morgan fingerprint density at radius 3 is 2.46 bits per heavy atom. The number of aromatic nitrogens is 2. The number of ether oxygens (including phenoxy) is 1. The number of ketones is 1. The smallest absolute Gasteiger partial charge is 0.334 e. The second-order valence-corrected chi connectivity index (χ2v) is 10.4. The molecule has 0 radical (unpaired) electrons. The summed E-state index contributed by atoms with van der Waals surface area (Å²) < 4.78 is 8.57. The highest BCUT2D eigenvalue weighted by molar-refractivity contribution is 6.32. The molecule has 0 saturated carbocycles. The van der Waals surface area contributed by atoms with Crippen molar-refractivity contribution in [3.8, 4) is 11.4 Å². The molecule has 0 spiro atoms. The van der Waals surface area contributed by atoms with Crippen LogP contribution in [0, 0.1) is 0 Å². The van der Waals surface area contributed by atoms with Crippen LogP contribution in [0.1, 0.15) is 47.2 Å². The number of carbonyl (C=O) groups is 2. The number of halogens is 1. The third-order valence-electron chi connectivity index (χ3n) is 6.77. The second kappa shape index (κ2) is 12.4. The third kappa shape index (κ3) is 6.19. The van der Waals surface area contributed by atoms with Gasteiger partial charge in [-0.25, -0.2) is 4.79 Å². The molecule has 0 bridgehead atoms. The maximum absolute atomic E-state index is 14.0. The molecule has 2 heterocycles. The zero-order chi connectivity index (χ0) is 28.9. The highest BCUT2D eigenvalue weighted by Gasteiger charge is 2.34. The third-order valence-corrected chi connectivity index (χ3v) is 7.11. The average Bonchev–Trinajstić information content (AvgIpc) is 3.28. The Balaban J connectivity index is 1.55. The Morgan fingerprint density at radius 2 is 1.76 bits per heavy atom. The SMILES string of the molecule is CC(C)Oc1ccc(-n2c(C(=O)NCc3ccccc3)c3n(c2=O)C(C(=O)/C=C/c2ccccc2Cl)CNC3)cc1. The van der Waals surface area contributed by atoms with Crippen molar-refractivity contribution in [1.82, 2.24) is 19.8 Å². The van der Waals surface area contributed by atoms with E-state index >= 15 is 0 Å². The van der Waals surface area contributed by atoms with Crippen molar-refractivity contribution < 1.29 is 14.3 Å². The van der Waals surface area contributed by atoms with Gasteiger partial charge in [-0.3, -0.25) is 18.7 Å². The molecule has 210 valence electrons. The predicted molar refractivity (Wildman–Crippen MR) is 160 cm³/mol. The zero-order valence-electron chi connectivity index (χ0n) is 22.8. The van der Waals surface area contributed by atoms with E-state index in [9.17, 15) is 14.4 Å². The van der Waals surface area contributed by atoms with Crippen molar-refractivity contribution in [2.75, 3.05) is 6.54 Å². The minimum absolute atomic E-state index is 0.0126. The molecule has 41 heavy (non-hydrogen) atoms. The predicted octanol–water partition coefficient (Wildman–Crippen LogP) is 4.94. The van der Waals surface area contributed by atoms with Gasteiger partial charge in [-0.1, -0.05) is 60.1 Å². The summed E-state index contributed by atoms with van der Waals surface area (Å²) in [7, 11) is 0.